The smallest absolute Gasteiger partial charge is 0.263 e. The minimum atomic E-state index is -3.75. The summed E-state index contributed by atoms with van der Waals surface area (Å²) in [6.07, 6.45) is 3.60. The summed E-state index contributed by atoms with van der Waals surface area (Å²) < 4.78 is 32.7. The van der Waals surface area contributed by atoms with Crippen molar-refractivity contribution in [3.8, 4) is 5.75 Å². The van der Waals surface area contributed by atoms with Gasteiger partial charge in [-0.15, -0.1) is 10.2 Å². The molecule has 3 aromatic rings. The van der Waals surface area contributed by atoms with Crippen LogP contribution in [0.2, 0.25) is 0 Å². The minimum absolute atomic E-state index is 0.0979. The minimum Gasteiger partial charge on any atom is -0.494 e. The fourth-order valence-corrected chi connectivity index (χ4v) is 4.44. The lowest BCUT2D eigenvalue weighted by Crippen LogP contribution is -2.12. The number of carbonyl (C=O) groups excluding carboxylic acids is 1. The molecule has 0 aliphatic rings. The number of ether oxygens (including phenoxy) is 1. The van der Waals surface area contributed by atoms with E-state index in [1.807, 2.05) is 13.8 Å². The third-order valence-electron chi connectivity index (χ3n) is 4.09. The van der Waals surface area contributed by atoms with Crippen LogP contribution >= 0.6 is 11.3 Å². The van der Waals surface area contributed by atoms with Gasteiger partial charge in [-0.3, -0.25) is 9.52 Å². The average molecular weight is 459 g/mol. The number of nitrogens with zero attached hydrogens (tertiary/aromatic N) is 2. The topological polar surface area (TPSA) is 110 Å². The van der Waals surface area contributed by atoms with Gasteiger partial charge in [-0.25, -0.2) is 8.42 Å². The Labute approximate surface area is 185 Å². The van der Waals surface area contributed by atoms with Crippen LogP contribution in [0.3, 0.4) is 0 Å². The van der Waals surface area contributed by atoms with Crippen molar-refractivity contribution >= 4 is 38.0 Å². The van der Waals surface area contributed by atoms with Gasteiger partial charge in [0, 0.05) is 23.5 Å². The van der Waals surface area contributed by atoms with Crippen LogP contribution in [0.4, 0.5) is 10.8 Å². The maximum absolute atomic E-state index is 12.5. The summed E-state index contributed by atoms with van der Waals surface area (Å²) in [7, 11) is -3.75. The molecule has 0 aliphatic heterocycles. The fraction of sp³-hybridized carbons (Fsp3) is 0.190. The molecule has 0 aliphatic carbocycles. The summed E-state index contributed by atoms with van der Waals surface area (Å²) >= 11 is 1.20. The molecule has 10 heteroatoms. The van der Waals surface area contributed by atoms with Crippen molar-refractivity contribution in [2.45, 2.75) is 25.2 Å². The predicted molar refractivity (Wildman–Crippen MR) is 121 cm³/mol. The van der Waals surface area contributed by atoms with E-state index >= 15 is 0 Å². The molecule has 3 rings (SSSR count). The van der Waals surface area contributed by atoms with Gasteiger partial charge in [0.15, 0.2) is 5.78 Å². The number of sulfonamides is 1. The van der Waals surface area contributed by atoms with Gasteiger partial charge in [0.05, 0.1) is 11.5 Å². The van der Waals surface area contributed by atoms with Gasteiger partial charge in [0.25, 0.3) is 10.0 Å². The molecule has 0 saturated carbocycles. The number of anilines is 2. The molecule has 162 valence electrons. The standard InChI is InChI=1S/C21H22N4O4S2/c1-3-20-23-24-21(30-20)25-31(27,28)18-11-7-16(8-12-18)22-14-13-19(26)15-5-9-17(10-6-15)29-4-2/h5-14,22H,3-4H2,1-2H3,(H,24,25). The second kappa shape index (κ2) is 10.2. The van der Waals surface area contributed by atoms with Gasteiger partial charge < -0.3 is 10.1 Å². The molecular weight excluding hydrogens is 436 g/mol. The quantitative estimate of drug-likeness (QED) is 0.347. The molecule has 8 nitrogen and oxygen atoms in total. The highest BCUT2D eigenvalue weighted by atomic mass is 32.2. The number of ketones is 1. The zero-order chi connectivity index (χ0) is 22.3. The normalized spacial score (nSPS) is 11.4. The number of aryl methyl sites for hydroxylation is 1. The number of nitrogens with one attached hydrogen (secondary N) is 2. The Morgan fingerprint density at radius 1 is 1.06 bits per heavy atom. The summed E-state index contributed by atoms with van der Waals surface area (Å²) in [4.78, 5) is 12.3. The molecular formula is C21H22N4O4S2. The van der Waals surface area contributed by atoms with Gasteiger partial charge in [0.2, 0.25) is 5.13 Å². The van der Waals surface area contributed by atoms with E-state index in [2.05, 4.69) is 20.2 Å². The Bertz CT molecular complexity index is 1150. The number of hydrogen-bond donors (Lipinski definition) is 2. The maximum atomic E-state index is 12.5. The van der Waals surface area contributed by atoms with Gasteiger partial charge in [-0.05, 0) is 61.9 Å². The number of benzene rings is 2. The van der Waals surface area contributed by atoms with Gasteiger partial charge >= 0.3 is 0 Å². The number of hydrogen-bond acceptors (Lipinski definition) is 8. The van der Waals surface area contributed by atoms with E-state index in [1.54, 1.807) is 36.4 Å². The zero-order valence-corrected chi connectivity index (χ0v) is 18.7. The van der Waals surface area contributed by atoms with Crippen LogP contribution in [0, 0.1) is 0 Å². The monoisotopic (exact) mass is 458 g/mol. The first kappa shape index (κ1) is 22.4. The van der Waals surface area contributed by atoms with Crippen molar-refractivity contribution in [1.29, 1.82) is 0 Å². The van der Waals surface area contributed by atoms with E-state index in [-0.39, 0.29) is 15.8 Å². The average Bonchev–Trinajstić information content (AvgIpc) is 3.21. The van der Waals surface area contributed by atoms with Gasteiger partial charge in [-0.1, -0.05) is 18.3 Å². The number of rotatable bonds is 10. The number of allylic oxidation sites excluding steroid dienone is 1. The molecule has 0 spiro atoms. The highest BCUT2D eigenvalue weighted by molar-refractivity contribution is 7.93. The van der Waals surface area contributed by atoms with E-state index in [4.69, 9.17) is 4.74 Å². The lowest BCUT2D eigenvalue weighted by atomic mass is 10.1. The molecule has 31 heavy (non-hydrogen) atoms. The Hall–Kier alpha value is -3.24. The second-order valence-corrected chi connectivity index (χ2v) is 9.03. The van der Waals surface area contributed by atoms with Crippen molar-refractivity contribution < 1.29 is 17.9 Å². The fourth-order valence-electron chi connectivity index (χ4n) is 2.53. The molecule has 0 fully saturated rings. The molecule has 1 aromatic heterocycles. The molecule has 2 aromatic carbocycles. The summed E-state index contributed by atoms with van der Waals surface area (Å²) in [5.74, 6) is 0.546. The lowest BCUT2D eigenvalue weighted by molar-refractivity contribution is 0.104. The SMILES string of the molecule is CCOc1ccc(C(=O)C=CNc2ccc(S(=O)(=O)Nc3nnc(CC)s3)cc2)cc1. The van der Waals surface area contributed by atoms with Crippen molar-refractivity contribution in [3.63, 3.8) is 0 Å². The van der Waals surface area contributed by atoms with E-state index in [0.29, 0.717) is 30.0 Å². The third kappa shape index (κ3) is 6.12. The second-order valence-electron chi connectivity index (χ2n) is 6.28. The van der Waals surface area contributed by atoms with Crippen LogP contribution in [-0.4, -0.2) is 31.0 Å². The first-order chi connectivity index (χ1) is 14.9. The first-order valence-electron chi connectivity index (χ1n) is 9.57. The van der Waals surface area contributed by atoms with Crippen LogP contribution in [-0.2, 0) is 16.4 Å². The zero-order valence-electron chi connectivity index (χ0n) is 17.0. The molecule has 0 bridgehead atoms. The highest BCUT2D eigenvalue weighted by Crippen LogP contribution is 2.21. The van der Waals surface area contributed by atoms with Crippen molar-refractivity contribution in [3.05, 3.63) is 71.4 Å². The van der Waals surface area contributed by atoms with Gasteiger partial charge in [-0.2, -0.15) is 0 Å². The molecule has 1 heterocycles. The molecule has 0 unspecified atom stereocenters. The van der Waals surface area contributed by atoms with Crippen LogP contribution in [0.5, 0.6) is 5.75 Å². The molecule has 0 radical (unpaired) electrons. The lowest BCUT2D eigenvalue weighted by Gasteiger charge is -2.06. The first-order valence-corrected chi connectivity index (χ1v) is 11.9. The molecule has 0 atom stereocenters. The summed E-state index contributed by atoms with van der Waals surface area (Å²) in [6.45, 7) is 4.38. The van der Waals surface area contributed by atoms with E-state index in [1.165, 1.54) is 35.7 Å². The van der Waals surface area contributed by atoms with Crippen LogP contribution < -0.4 is 14.8 Å². The number of carbonyl (C=O) groups is 1. The molecule has 0 saturated heterocycles. The third-order valence-corrected chi connectivity index (χ3v) is 6.56. The Balaban J connectivity index is 1.58. The summed E-state index contributed by atoms with van der Waals surface area (Å²) in [6, 6.07) is 13.0. The van der Waals surface area contributed by atoms with Gasteiger partial charge in [0.1, 0.15) is 10.8 Å². The van der Waals surface area contributed by atoms with E-state index in [9.17, 15) is 13.2 Å². The van der Waals surface area contributed by atoms with E-state index < -0.39 is 10.0 Å². The Morgan fingerprint density at radius 2 is 1.77 bits per heavy atom. The van der Waals surface area contributed by atoms with Crippen molar-refractivity contribution in [1.82, 2.24) is 10.2 Å². The largest absolute Gasteiger partial charge is 0.494 e. The summed E-state index contributed by atoms with van der Waals surface area (Å²) in [5.41, 5.74) is 1.18. The van der Waals surface area contributed by atoms with Crippen molar-refractivity contribution in [2.24, 2.45) is 0 Å². The predicted octanol–water partition coefficient (Wildman–Crippen LogP) is 4.11. The maximum Gasteiger partial charge on any atom is 0.263 e. The van der Waals surface area contributed by atoms with E-state index in [0.717, 1.165) is 5.01 Å². The van der Waals surface area contributed by atoms with Crippen LogP contribution in [0.15, 0.2) is 65.7 Å². The van der Waals surface area contributed by atoms with Crippen LogP contribution in [0.25, 0.3) is 0 Å². The number of aromatic nitrogens is 2. The molecule has 2 N–H and O–H groups in total. The Kier molecular flexibility index (Phi) is 7.37. The molecule has 0 amide bonds. The highest BCUT2D eigenvalue weighted by Gasteiger charge is 2.16. The van der Waals surface area contributed by atoms with Crippen molar-refractivity contribution in [2.75, 3.05) is 16.6 Å². The van der Waals surface area contributed by atoms with Crippen LogP contribution in [0.1, 0.15) is 29.2 Å². The summed E-state index contributed by atoms with van der Waals surface area (Å²) in [5, 5.41) is 11.7. The Morgan fingerprint density at radius 3 is 2.39 bits per heavy atom.